The van der Waals surface area contributed by atoms with Gasteiger partial charge in [0.25, 0.3) is 5.91 Å². The first kappa shape index (κ1) is 11.4. The molecular weight excluding hydrogens is 224 g/mol. The van der Waals surface area contributed by atoms with Crippen LogP contribution in [0.2, 0.25) is 0 Å². The number of aromatic nitrogens is 1. The molecule has 6 nitrogen and oxygen atoms in total. The van der Waals surface area contributed by atoms with Gasteiger partial charge in [-0.15, -0.1) is 0 Å². The van der Waals surface area contributed by atoms with Crippen molar-refractivity contribution in [1.29, 1.82) is 0 Å². The monoisotopic (exact) mass is 236 g/mol. The third-order valence-electron chi connectivity index (χ3n) is 2.71. The Morgan fingerprint density at radius 3 is 2.82 bits per heavy atom. The number of hydrogen-bond acceptors (Lipinski definition) is 4. The Morgan fingerprint density at radius 2 is 2.29 bits per heavy atom. The van der Waals surface area contributed by atoms with E-state index in [-0.39, 0.29) is 11.9 Å². The summed E-state index contributed by atoms with van der Waals surface area (Å²) in [5.74, 6) is -1.26. The number of nitrogens with zero attached hydrogens (tertiary/aromatic N) is 1. The number of carbonyl (C=O) groups is 2. The maximum absolute atomic E-state index is 11.8. The zero-order valence-corrected chi connectivity index (χ0v) is 9.21. The van der Waals surface area contributed by atoms with Crippen LogP contribution in [-0.4, -0.2) is 28.2 Å². The average Bonchev–Trinajstić information content (AvgIpc) is 2.86. The lowest BCUT2D eigenvalue weighted by Crippen LogP contribution is -2.33. The fourth-order valence-corrected chi connectivity index (χ4v) is 1.75. The third kappa shape index (κ3) is 2.35. The van der Waals surface area contributed by atoms with E-state index in [0.717, 1.165) is 0 Å². The molecule has 0 spiro atoms. The van der Waals surface area contributed by atoms with E-state index in [0.29, 0.717) is 17.7 Å². The fourth-order valence-electron chi connectivity index (χ4n) is 1.75. The van der Waals surface area contributed by atoms with E-state index in [1.54, 1.807) is 19.1 Å². The highest BCUT2D eigenvalue weighted by molar-refractivity contribution is 5.95. The summed E-state index contributed by atoms with van der Waals surface area (Å²) in [4.78, 5) is 22.5. The van der Waals surface area contributed by atoms with Crippen molar-refractivity contribution in [3.63, 3.8) is 0 Å². The first-order chi connectivity index (χ1) is 8.08. The van der Waals surface area contributed by atoms with Gasteiger partial charge in [0, 0.05) is 6.04 Å². The molecule has 0 radical (unpaired) electrons. The number of nitrogens with one attached hydrogen (secondary N) is 1. The minimum atomic E-state index is -0.876. The van der Waals surface area contributed by atoms with Crippen LogP contribution in [0.5, 0.6) is 0 Å². The van der Waals surface area contributed by atoms with E-state index in [2.05, 4.69) is 10.5 Å². The lowest BCUT2D eigenvalue weighted by atomic mass is 10.1. The molecule has 1 aromatic rings. The van der Waals surface area contributed by atoms with Crippen LogP contribution in [0.3, 0.4) is 0 Å². The molecule has 2 N–H and O–H groups in total. The van der Waals surface area contributed by atoms with Crippen LogP contribution in [0, 0.1) is 12.8 Å². The topological polar surface area (TPSA) is 92.4 Å². The maximum atomic E-state index is 11.8. The molecule has 0 aromatic carbocycles. The number of hydrogen-bond donors (Lipinski definition) is 2. The van der Waals surface area contributed by atoms with Crippen LogP contribution in [0.1, 0.15) is 22.5 Å². The van der Waals surface area contributed by atoms with Crippen molar-refractivity contribution < 1.29 is 19.2 Å². The summed E-state index contributed by atoms with van der Waals surface area (Å²) in [7, 11) is 0. The van der Waals surface area contributed by atoms with Gasteiger partial charge in [0.15, 0.2) is 0 Å². The zero-order chi connectivity index (χ0) is 12.4. The quantitative estimate of drug-likeness (QED) is 0.755. The number of aliphatic carboxylic acids is 1. The number of rotatable bonds is 3. The van der Waals surface area contributed by atoms with Crippen LogP contribution in [0.15, 0.2) is 22.9 Å². The summed E-state index contributed by atoms with van der Waals surface area (Å²) in [5.41, 5.74) is 0.372. The Kier molecular flexibility index (Phi) is 2.95. The van der Waals surface area contributed by atoms with Crippen molar-refractivity contribution in [2.45, 2.75) is 19.4 Å². The van der Waals surface area contributed by atoms with E-state index in [4.69, 9.17) is 9.63 Å². The fraction of sp³-hybridized carbons (Fsp3) is 0.364. The lowest BCUT2D eigenvalue weighted by Gasteiger charge is -2.11. The molecule has 17 heavy (non-hydrogen) atoms. The van der Waals surface area contributed by atoms with Crippen molar-refractivity contribution in [2.75, 3.05) is 0 Å². The number of aryl methyl sites for hydroxylation is 1. The molecule has 2 rings (SSSR count). The summed E-state index contributed by atoms with van der Waals surface area (Å²) in [6, 6.07) is -0.252. The van der Waals surface area contributed by atoms with Crippen molar-refractivity contribution in [1.82, 2.24) is 10.5 Å². The number of carbonyl (C=O) groups excluding carboxylic acids is 1. The third-order valence-corrected chi connectivity index (χ3v) is 2.71. The van der Waals surface area contributed by atoms with Gasteiger partial charge in [-0.05, 0) is 13.3 Å². The average molecular weight is 236 g/mol. The van der Waals surface area contributed by atoms with Gasteiger partial charge < -0.3 is 14.9 Å². The van der Waals surface area contributed by atoms with Crippen LogP contribution in [0.4, 0.5) is 0 Å². The van der Waals surface area contributed by atoms with Gasteiger partial charge >= 0.3 is 5.97 Å². The standard InChI is InChI=1S/C11H12N2O4/c1-6-9(5-12-17-6)10(14)13-8-3-2-7(4-8)11(15)16/h2-3,5,7-8H,4H2,1H3,(H,13,14)(H,15,16). The van der Waals surface area contributed by atoms with Crippen molar-refractivity contribution in [3.8, 4) is 0 Å². The summed E-state index contributed by atoms with van der Waals surface area (Å²) in [6.07, 6.45) is 5.01. The Labute approximate surface area is 97.3 Å². The molecule has 0 bridgehead atoms. The molecule has 1 aliphatic rings. The van der Waals surface area contributed by atoms with E-state index < -0.39 is 11.9 Å². The smallest absolute Gasteiger partial charge is 0.310 e. The number of carboxylic acid groups (broad SMARTS) is 1. The first-order valence-electron chi connectivity index (χ1n) is 5.21. The highest BCUT2D eigenvalue weighted by Gasteiger charge is 2.26. The minimum Gasteiger partial charge on any atom is -0.481 e. The molecule has 1 aromatic heterocycles. The SMILES string of the molecule is Cc1oncc1C(=O)NC1C=CC(C(=O)O)C1. The summed E-state index contributed by atoms with van der Waals surface area (Å²) >= 11 is 0. The zero-order valence-electron chi connectivity index (χ0n) is 9.21. The van der Waals surface area contributed by atoms with Gasteiger partial charge in [-0.3, -0.25) is 9.59 Å². The molecule has 1 aliphatic carbocycles. The van der Waals surface area contributed by atoms with Gasteiger partial charge in [-0.2, -0.15) is 0 Å². The number of carboxylic acids is 1. The minimum absolute atomic E-state index is 0.252. The highest BCUT2D eigenvalue weighted by Crippen LogP contribution is 2.18. The predicted octanol–water partition coefficient (Wildman–Crippen LogP) is 0.742. The van der Waals surface area contributed by atoms with E-state index in [1.807, 2.05) is 0 Å². The largest absolute Gasteiger partial charge is 0.481 e. The van der Waals surface area contributed by atoms with E-state index in [9.17, 15) is 9.59 Å². The second-order valence-corrected chi connectivity index (χ2v) is 3.94. The molecule has 2 unspecified atom stereocenters. The Hall–Kier alpha value is -2.11. The summed E-state index contributed by atoms with van der Waals surface area (Å²) in [6.45, 7) is 1.65. The Morgan fingerprint density at radius 1 is 1.53 bits per heavy atom. The molecular formula is C11H12N2O4. The normalized spacial score (nSPS) is 22.6. The first-order valence-corrected chi connectivity index (χ1v) is 5.21. The van der Waals surface area contributed by atoms with Crippen LogP contribution < -0.4 is 5.32 Å². The van der Waals surface area contributed by atoms with Gasteiger partial charge in [-0.25, -0.2) is 0 Å². The van der Waals surface area contributed by atoms with Crippen molar-refractivity contribution in [2.24, 2.45) is 5.92 Å². The van der Waals surface area contributed by atoms with Crippen molar-refractivity contribution >= 4 is 11.9 Å². The molecule has 0 saturated heterocycles. The molecule has 2 atom stereocenters. The highest BCUT2D eigenvalue weighted by atomic mass is 16.5. The predicted molar refractivity (Wildman–Crippen MR) is 57.4 cm³/mol. The van der Waals surface area contributed by atoms with Crippen LogP contribution >= 0.6 is 0 Å². The second kappa shape index (κ2) is 4.40. The van der Waals surface area contributed by atoms with Gasteiger partial charge in [0.05, 0.1) is 12.1 Å². The number of amides is 1. The van der Waals surface area contributed by atoms with Crippen LogP contribution in [0.25, 0.3) is 0 Å². The van der Waals surface area contributed by atoms with Crippen LogP contribution in [-0.2, 0) is 4.79 Å². The van der Waals surface area contributed by atoms with E-state index in [1.165, 1.54) is 6.20 Å². The Bertz CT molecular complexity index is 478. The summed E-state index contributed by atoms with van der Waals surface area (Å²) < 4.78 is 4.79. The van der Waals surface area contributed by atoms with Gasteiger partial charge in [0.1, 0.15) is 11.3 Å². The van der Waals surface area contributed by atoms with Gasteiger partial charge in [0.2, 0.25) is 0 Å². The lowest BCUT2D eigenvalue weighted by molar-refractivity contribution is -0.140. The molecule has 6 heteroatoms. The van der Waals surface area contributed by atoms with Gasteiger partial charge in [-0.1, -0.05) is 17.3 Å². The molecule has 0 fully saturated rings. The molecule has 1 amide bonds. The molecule has 0 aliphatic heterocycles. The Balaban J connectivity index is 1.96. The molecule has 90 valence electrons. The van der Waals surface area contributed by atoms with Crippen molar-refractivity contribution in [3.05, 3.63) is 29.7 Å². The molecule has 0 saturated carbocycles. The maximum Gasteiger partial charge on any atom is 0.310 e. The second-order valence-electron chi connectivity index (χ2n) is 3.94. The molecule has 1 heterocycles. The van der Waals surface area contributed by atoms with E-state index >= 15 is 0 Å². The summed E-state index contributed by atoms with van der Waals surface area (Å²) in [5, 5.41) is 15.0.